The molecule has 20 heavy (non-hydrogen) atoms. The van der Waals surface area contributed by atoms with Gasteiger partial charge in [0.15, 0.2) is 0 Å². The first kappa shape index (κ1) is 15.0. The standard InChI is InChI=1S/C14H20N2O3S/c1-14(2,3)11-4-6-12(7-5-11)20(18,19)16-9-8-15-13(17)10-16/h4-7H,8-10H2,1-3H3,(H,15,17). The lowest BCUT2D eigenvalue weighted by Crippen LogP contribution is -2.49. The second kappa shape index (κ2) is 5.18. The minimum atomic E-state index is -3.58. The summed E-state index contributed by atoms with van der Waals surface area (Å²) in [5.74, 6) is -0.258. The smallest absolute Gasteiger partial charge is 0.243 e. The molecule has 2 rings (SSSR count). The Labute approximate surface area is 120 Å². The quantitative estimate of drug-likeness (QED) is 0.889. The average molecular weight is 296 g/mol. The zero-order valence-electron chi connectivity index (χ0n) is 12.0. The van der Waals surface area contributed by atoms with Crippen molar-refractivity contribution in [1.29, 1.82) is 0 Å². The first-order valence-corrected chi connectivity index (χ1v) is 8.03. The van der Waals surface area contributed by atoms with Gasteiger partial charge in [0.2, 0.25) is 15.9 Å². The summed E-state index contributed by atoms with van der Waals surface area (Å²) in [7, 11) is -3.58. The molecule has 0 spiro atoms. The molecule has 1 aliphatic heterocycles. The summed E-state index contributed by atoms with van der Waals surface area (Å²) in [5.41, 5.74) is 1.06. The van der Waals surface area contributed by atoms with Crippen molar-refractivity contribution in [2.75, 3.05) is 19.6 Å². The van der Waals surface area contributed by atoms with Crippen LogP contribution in [0.4, 0.5) is 0 Å². The SMILES string of the molecule is CC(C)(C)c1ccc(S(=O)(=O)N2CCNC(=O)C2)cc1. The van der Waals surface area contributed by atoms with E-state index in [1.807, 2.05) is 12.1 Å². The Morgan fingerprint density at radius 1 is 1.15 bits per heavy atom. The van der Waals surface area contributed by atoms with Crippen LogP contribution in [0.2, 0.25) is 0 Å². The van der Waals surface area contributed by atoms with Gasteiger partial charge in [0, 0.05) is 13.1 Å². The van der Waals surface area contributed by atoms with E-state index in [0.29, 0.717) is 13.1 Å². The fourth-order valence-corrected chi connectivity index (χ4v) is 3.49. The van der Waals surface area contributed by atoms with Gasteiger partial charge in [-0.1, -0.05) is 32.9 Å². The Morgan fingerprint density at radius 3 is 2.25 bits per heavy atom. The third-order valence-electron chi connectivity index (χ3n) is 3.36. The summed E-state index contributed by atoms with van der Waals surface area (Å²) in [4.78, 5) is 11.6. The van der Waals surface area contributed by atoms with Gasteiger partial charge >= 0.3 is 0 Å². The fraction of sp³-hybridized carbons (Fsp3) is 0.500. The van der Waals surface area contributed by atoms with Gasteiger partial charge in [0.25, 0.3) is 0 Å². The molecule has 1 heterocycles. The number of hydrogen-bond donors (Lipinski definition) is 1. The van der Waals surface area contributed by atoms with Crippen molar-refractivity contribution in [2.24, 2.45) is 0 Å². The van der Waals surface area contributed by atoms with E-state index in [4.69, 9.17) is 0 Å². The molecule has 1 fully saturated rings. The van der Waals surface area contributed by atoms with E-state index in [2.05, 4.69) is 26.1 Å². The molecule has 0 bridgehead atoms. The molecular weight excluding hydrogens is 276 g/mol. The van der Waals surface area contributed by atoms with E-state index < -0.39 is 10.0 Å². The van der Waals surface area contributed by atoms with E-state index in [1.165, 1.54) is 4.31 Å². The van der Waals surface area contributed by atoms with Gasteiger partial charge in [-0.2, -0.15) is 4.31 Å². The molecule has 6 heteroatoms. The molecule has 5 nitrogen and oxygen atoms in total. The van der Waals surface area contributed by atoms with Crippen molar-refractivity contribution in [1.82, 2.24) is 9.62 Å². The third-order valence-corrected chi connectivity index (χ3v) is 5.22. The topological polar surface area (TPSA) is 66.5 Å². The molecular formula is C14H20N2O3S. The Balaban J connectivity index is 2.28. The minimum Gasteiger partial charge on any atom is -0.354 e. The molecule has 1 aromatic carbocycles. The predicted molar refractivity (Wildman–Crippen MR) is 76.9 cm³/mol. The maximum Gasteiger partial charge on any atom is 0.243 e. The second-order valence-electron chi connectivity index (χ2n) is 5.96. The number of benzene rings is 1. The maximum atomic E-state index is 12.4. The van der Waals surface area contributed by atoms with E-state index >= 15 is 0 Å². The molecule has 0 radical (unpaired) electrons. The van der Waals surface area contributed by atoms with Crippen molar-refractivity contribution in [3.63, 3.8) is 0 Å². The number of carbonyl (C=O) groups excluding carboxylic acids is 1. The number of amides is 1. The molecule has 0 saturated carbocycles. The summed E-state index contributed by atoms with van der Waals surface area (Å²) in [6.45, 7) is 6.79. The predicted octanol–water partition coefficient (Wildman–Crippen LogP) is 1.10. The first-order valence-electron chi connectivity index (χ1n) is 6.59. The molecule has 0 aromatic heterocycles. The van der Waals surface area contributed by atoms with E-state index in [9.17, 15) is 13.2 Å². The fourth-order valence-electron chi connectivity index (χ4n) is 2.10. The van der Waals surface area contributed by atoms with Gasteiger partial charge in [0.05, 0.1) is 11.4 Å². The Bertz CT molecular complexity index is 600. The van der Waals surface area contributed by atoms with Crippen LogP contribution < -0.4 is 5.32 Å². The first-order chi connectivity index (χ1) is 9.21. The van der Waals surface area contributed by atoms with Gasteiger partial charge in [-0.05, 0) is 23.1 Å². The lowest BCUT2D eigenvalue weighted by molar-refractivity contribution is -0.122. The van der Waals surface area contributed by atoms with Crippen LogP contribution in [0.5, 0.6) is 0 Å². The summed E-state index contributed by atoms with van der Waals surface area (Å²) in [6, 6.07) is 6.89. The number of carbonyl (C=O) groups is 1. The normalized spacial score (nSPS) is 17.9. The van der Waals surface area contributed by atoms with Crippen molar-refractivity contribution in [3.8, 4) is 0 Å². The zero-order valence-corrected chi connectivity index (χ0v) is 12.8. The number of hydrogen-bond acceptors (Lipinski definition) is 3. The zero-order chi connectivity index (χ0) is 15.0. The Morgan fingerprint density at radius 2 is 1.75 bits per heavy atom. The maximum absolute atomic E-state index is 12.4. The molecule has 1 aromatic rings. The van der Waals surface area contributed by atoms with Gasteiger partial charge in [-0.25, -0.2) is 8.42 Å². The second-order valence-corrected chi connectivity index (χ2v) is 7.90. The van der Waals surface area contributed by atoms with Gasteiger partial charge in [-0.3, -0.25) is 4.79 Å². The lowest BCUT2D eigenvalue weighted by Gasteiger charge is -2.26. The largest absolute Gasteiger partial charge is 0.354 e. The highest BCUT2D eigenvalue weighted by atomic mass is 32.2. The number of rotatable bonds is 2. The van der Waals surface area contributed by atoms with Crippen molar-refractivity contribution < 1.29 is 13.2 Å². The average Bonchev–Trinajstić information content (AvgIpc) is 2.38. The van der Waals surface area contributed by atoms with Crippen LogP contribution in [-0.2, 0) is 20.2 Å². The summed E-state index contributed by atoms with van der Waals surface area (Å²) >= 11 is 0. The van der Waals surface area contributed by atoms with Crippen molar-refractivity contribution in [2.45, 2.75) is 31.1 Å². The van der Waals surface area contributed by atoms with Crippen LogP contribution in [0.3, 0.4) is 0 Å². The van der Waals surface area contributed by atoms with Crippen LogP contribution >= 0.6 is 0 Å². The molecule has 0 aliphatic carbocycles. The molecule has 0 atom stereocenters. The summed E-state index contributed by atoms with van der Waals surface area (Å²) in [5, 5.41) is 2.62. The van der Waals surface area contributed by atoms with E-state index in [0.717, 1.165) is 5.56 Å². The third kappa shape index (κ3) is 3.02. The highest BCUT2D eigenvalue weighted by Crippen LogP contribution is 2.24. The minimum absolute atomic E-state index is 0.0205. The van der Waals surface area contributed by atoms with E-state index in [-0.39, 0.29) is 22.8 Å². The number of nitrogens with one attached hydrogen (secondary N) is 1. The summed E-state index contributed by atoms with van der Waals surface area (Å²) in [6.07, 6.45) is 0. The van der Waals surface area contributed by atoms with Crippen LogP contribution in [0, 0.1) is 0 Å². The summed E-state index contributed by atoms with van der Waals surface area (Å²) < 4.78 is 26.1. The lowest BCUT2D eigenvalue weighted by atomic mass is 9.87. The monoisotopic (exact) mass is 296 g/mol. The molecule has 1 N–H and O–H groups in total. The van der Waals surface area contributed by atoms with E-state index in [1.54, 1.807) is 12.1 Å². The van der Waals surface area contributed by atoms with Gasteiger partial charge < -0.3 is 5.32 Å². The highest BCUT2D eigenvalue weighted by molar-refractivity contribution is 7.89. The van der Waals surface area contributed by atoms with Gasteiger partial charge in [0.1, 0.15) is 0 Å². The Hall–Kier alpha value is -1.40. The van der Waals surface area contributed by atoms with Crippen LogP contribution in [0.15, 0.2) is 29.2 Å². The number of sulfonamides is 1. The molecule has 1 saturated heterocycles. The van der Waals surface area contributed by atoms with Crippen molar-refractivity contribution in [3.05, 3.63) is 29.8 Å². The van der Waals surface area contributed by atoms with Crippen LogP contribution in [-0.4, -0.2) is 38.3 Å². The van der Waals surface area contributed by atoms with Crippen LogP contribution in [0.25, 0.3) is 0 Å². The number of nitrogens with zero attached hydrogens (tertiary/aromatic N) is 1. The van der Waals surface area contributed by atoms with Gasteiger partial charge in [-0.15, -0.1) is 0 Å². The molecule has 110 valence electrons. The van der Waals surface area contributed by atoms with Crippen LogP contribution in [0.1, 0.15) is 26.3 Å². The Kier molecular flexibility index (Phi) is 3.88. The molecule has 0 unspecified atom stereocenters. The van der Waals surface area contributed by atoms with Crippen molar-refractivity contribution >= 4 is 15.9 Å². The number of piperazine rings is 1. The highest BCUT2D eigenvalue weighted by Gasteiger charge is 2.29. The molecule has 1 amide bonds. The molecule has 1 aliphatic rings.